The molecule has 0 bridgehead atoms. The highest BCUT2D eigenvalue weighted by Crippen LogP contribution is 2.54. The number of rotatable bonds is 22. The van der Waals surface area contributed by atoms with Crippen molar-refractivity contribution in [3.05, 3.63) is 132 Å². The van der Waals surface area contributed by atoms with E-state index >= 15 is 0 Å². The van der Waals surface area contributed by atoms with Crippen LogP contribution in [0.5, 0.6) is 0 Å². The molecule has 322 valence electrons. The summed E-state index contributed by atoms with van der Waals surface area (Å²) in [6, 6.07) is 30.7. The van der Waals surface area contributed by atoms with Crippen LogP contribution in [0, 0.1) is 0 Å². The summed E-state index contributed by atoms with van der Waals surface area (Å²) >= 11 is 0. The number of hydrogen-bond acceptors (Lipinski definition) is 5. The zero-order valence-electron chi connectivity index (χ0n) is 34.9. The van der Waals surface area contributed by atoms with E-state index in [9.17, 15) is 32.4 Å². The molecule has 60 heavy (non-hydrogen) atoms. The first-order chi connectivity index (χ1) is 28.9. The molecule has 0 aliphatic heterocycles. The molecule has 0 atom stereocenters. The van der Waals surface area contributed by atoms with E-state index in [4.69, 9.17) is 9.05 Å². The highest BCUT2D eigenvalue weighted by Gasteiger charge is 2.50. The van der Waals surface area contributed by atoms with Crippen molar-refractivity contribution in [1.29, 1.82) is 0 Å². The van der Waals surface area contributed by atoms with Crippen molar-refractivity contribution >= 4 is 19.5 Å². The fraction of sp³-hybridized carbons (Fsp3) is 0.429. The Balaban J connectivity index is 0.000000261. The Labute approximate surface area is 353 Å². The van der Waals surface area contributed by atoms with E-state index < -0.39 is 43.0 Å². The number of carboxylic acids is 1. The summed E-state index contributed by atoms with van der Waals surface area (Å²) in [5, 5.41) is 12.3. The molecule has 0 unspecified atom stereocenters. The summed E-state index contributed by atoms with van der Waals surface area (Å²) in [6.45, 7) is 7.19. The van der Waals surface area contributed by atoms with E-state index in [0.29, 0.717) is 45.3 Å². The van der Waals surface area contributed by atoms with Crippen LogP contribution in [0.3, 0.4) is 0 Å². The van der Waals surface area contributed by atoms with Gasteiger partial charge in [-0.3, -0.25) is 14.2 Å². The molecule has 0 saturated heterocycles. The van der Waals surface area contributed by atoms with Crippen LogP contribution in [0.2, 0.25) is 0 Å². The fourth-order valence-electron chi connectivity index (χ4n) is 8.63. The van der Waals surface area contributed by atoms with Crippen LogP contribution in [0.4, 0.5) is 13.2 Å². The van der Waals surface area contributed by atoms with Crippen LogP contribution < -0.4 is 5.32 Å². The zero-order valence-corrected chi connectivity index (χ0v) is 35.8. The monoisotopic (exact) mass is 845 g/mol. The minimum atomic E-state index is -4.51. The van der Waals surface area contributed by atoms with Crippen molar-refractivity contribution < 1.29 is 41.5 Å². The molecule has 0 aromatic heterocycles. The first kappa shape index (κ1) is 46.6. The second-order valence-corrected chi connectivity index (χ2v) is 17.8. The smallest absolute Gasteiger partial charge is 0.405 e. The topological polar surface area (TPSA) is 102 Å². The van der Waals surface area contributed by atoms with Crippen LogP contribution in [-0.2, 0) is 34.0 Å². The van der Waals surface area contributed by atoms with E-state index in [0.717, 1.165) is 89.5 Å². The molecule has 6 rings (SSSR count). The van der Waals surface area contributed by atoms with Gasteiger partial charge in [0.2, 0.25) is 5.91 Å². The van der Waals surface area contributed by atoms with E-state index in [2.05, 4.69) is 11.9 Å². The van der Waals surface area contributed by atoms with Gasteiger partial charge in [-0.2, -0.15) is 13.2 Å². The van der Waals surface area contributed by atoms with Gasteiger partial charge in [-0.15, -0.1) is 6.58 Å². The summed E-state index contributed by atoms with van der Waals surface area (Å²) in [5.74, 6) is -1.40. The van der Waals surface area contributed by atoms with Crippen LogP contribution in [0.25, 0.3) is 22.3 Å². The number of benzene rings is 4. The van der Waals surface area contributed by atoms with Crippen molar-refractivity contribution in [2.45, 2.75) is 108 Å². The summed E-state index contributed by atoms with van der Waals surface area (Å²) in [4.78, 5) is 25.9. The lowest BCUT2D eigenvalue weighted by Gasteiger charge is -2.31. The van der Waals surface area contributed by atoms with Gasteiger partial charge < -0.3 is 19.5 Å². The lowest BCUT2D eigenvalue weighted by atomic mass is 9.73. The second kappa shape index (κ2) is 21.3. The molecule has 0 fully saturated rings. The predicted octanol–water partition coefficient (Wildman–Crippen LogP) is 12.8. The van der Waals surface area contributed by atoms with Gasteiger partial charge >= 0.3 is 19.7 Å². The second-order valence-electron chi connectivity index (χ2n) is 15.6. The molecule has 11 heteroatoms. The molecule has 2 aliphatic rings. The number of allylic oxidation sites excluding steroid dienone is 1. The van der Waals surface area contributed by atoms with Gasteiger partial charge in [0.1, 0.15) is 17.4 Å². The van der Waals surface area contributed by atoms with Crippen LogP contribution in [0.15, 0.2) is 110 Å². The number of amides is 1. The molecule has 1 amide bonds. The Hall–Kier alpha value is -4.50. The summed E-state index contributed by atoms with van der Waals surface area (Å²) < 4.78 is 63.7. The van der Waals surface area contributed by atoms with E-state index in [1.165, 1.54) is 0 Å². The molecule has 2 aliphatic carbocycles. The van der Waals surface area contributed by atoms with Crippen LogP contribution in [-0.4, -0.2) is 49.1 Å². The van der Waals surface area contributed by atoms with Crippen LogP contribution in [0.1, 0.15) is 113 Å². The maximum absolute atomic E-state index is 13.6. The van der Waals surface area contributed by atoms with Crippen molar-refractivity contribution in [3.8, 4) is 22.3 Å². The van der Waals surface area contributed by atoms with Crippen molar-refractivity contribution in [2.24, 2.45) is 0 Å². The molecule has 4 aromatic carbocycles. The van der Waals surface area contributed by atoms with Crippen LogP contribution >= 0.6 is 7.60 Å². The number of carbonyl (C=O) groups excluding carboxylic acids is 1. The number of fused-ring (bicyclic) bond motifs is 6. The standard InChI is InChI=1S/C29H39F3NO4P.C20H20O2/c1-3-5-19-36-38(35,37-20-6-4-2)21-13-7-12-18-28(27(34)33-22-29(30,31)32)25-16-10-8-14-23(25)24-15-9-11-17-26(24)28;1-2-3-4-9-14-20(19(21)22)17-12-7-5-10-15(17)16-11-6-8-13-18(16)20/h8-11,14-17H,3-7,12-13,18-22H2,1-2H3,(H,33,34);2,5-8,10-13H,1,3-4,9,14H2,(H,21,22). The van der Waals surface area contributed by atoms with Gasteiger partial charge in [-0.05, 0) is 89.5 Å². The highest BCUT2D eigenvalue weighted by atomic mass is 31.2. The molecular weight excluding hydrogens is 787 g/mol. The third kappa shape index (κ3) is 10.5. The molecule has 0 spiro atoms. The maximum atomic E-state index is 13.6. The normalized spacial score (nSPS) is 14.2. The number of unbranched alkanes of at least 4 members (excludes halogenated alkanes) is 6. The number of halogens is 3. The Kier molecular flexibility index (Phi) is 16.6. The SMILES string of the molecule is C=CCCCCC1(C(=O)O)c2ccccc2-c2ccccc21.CCCCOP(=O)(CCCCCC1(C(=O)NCC(F)(F)F)c2ccccc2-c2ccccc21)OCCCC. The number of nitrogens with one attached hydrogen (secondary N) is 1. The minimum absolute atomic E-state index is 0.279. The molecular formula is C49H59F3NO6P. The van der Waals surface area contributed by atoms with Crippen molar-refractivity contribution in [1.82, 2.24) is 5.32 Å². The first-order valence-corrected chi connectivity index (χ1v) is 23.1. The largest absolute Gasteiger partial charge is 0.480 e. The van der Waals surface area contributed by atoms with E-state index in [1.807, 2.05) is 117 Å². The van der Waals surface area contributed by atoms with Gasteiger partial charge in [0.15, 0.2) is 0 Å². The van der Waals surface area contributed by atoms with E-state index in [-0.39, 0.29) is 6.16 Å². The molecule has 4 aromatic rings. The maximum Gasteiger partial charge on any atom is 0.405 e. The number of hydrogen-bond donors (Lipinski definition) is 2. The average Bonchev–Trinajstić information content (AvgIpc) is 3.70. The van der Waals surface area contributed by atoms with Crippen molar-refractivity contribution in [2.75, 3.05) is 25.9 Å². The lowest BCUT2D eigenvalue weighted by molar-refractivity contribution is -0.142. The number of aliphatic carboxylic acids is 1. The quantitative estimate of drug-likeness (QED) is 0.0464. The van der Waals surface area contributed by atoms with Gasteiger partial charge in [0.25, 0.3) is 0 Å². The van der Waals surface area contributed by atoms with Gasteiger partial charge in [0.05, 0.1) is 19.4 Å². The number of carboxylic acid groups (broad SMARTS) is 1. The molecule has 0 saturated carbocycles. The Morgan fingerprint density at radius 3 is 1.50 bits per heavy atom. The molecule has 7 nitrogen and oxygen atoms in total. The zero-order chi connectivity index (χ0) is 43.2. The minimum Gasteiger partial charge on any atom is -0.480 e. The fourth-order valence-corrected chi connectivity index (χ4v) is 10.4. The first-order valence-electron chi connectivity index (χ1n) is 21.3. The Morgan fingerprint density at radius 2 is 1.08 bits per heavy atom. The average molecular weight is 846 g/mol. The van der Waals surface area contributed by atoms with Gasteiger partial charge in [0, 0.05) is 0 Å². The van der Waals surface area contributed by atoms with Crippen molar-refractivity contribution in [3.63, 3.8) is 0 Å². The Bertz CT molecular complexity index is 2010. The van der Waals surface area contributed by atoms with E-state index in [1.54, 1.807) is 0 Å². The third-order valence-electron chi connectivity index (χ3n) is 11.6. The molecule has 2 N–H and O–H groups in total. The van der Waals surface area contributed by atoms with Gasteiger partial charge in [-0.25, -0.2) is 0 Å². The Morgan fingerprint density at radius 1 is 0.667 bits per heavy atom. The molecule has 0 heterocycles. The lowest BCUT2D eigenvalue weighted by Crippen LogP contribution is -2.47. The summed E-state index contributed by atoms with van der Waals surface area (Å²) in [7, 11) is -3.22. The third-order valence-corrected chi connectivity index (χ3v) is 13.6. The number of carbonyl (C=O) groups is 2. The summed E-state index contributed by atoms with van der Waals surface area (Å²) in [5.41, 5.74) is 5.02. The molecule has 0 radical (unpaired) electrons. The van der Waals surface area contributed by atoms with Gasteiger partial charge in [-0.1, -0.05) is 149 Å². The summed E-state index contributed by atoms with van der Waals surface area (Å²) in [6.07, 6.45) is 6.63. The predicted molar refractivity (Wildman–Crippen MR) is 233 cm³/mol. The highest BCUT2D eigenvalue weighted by molar-refractivity contribution is 7.53. The number of alkyl halides is 3.